The molecule has 0 aliphatic rings. The molecule has 0 fully saturated rings. The average Bonchev–Trinajstić information content (AvgIpc) is 2.04. The summed E-state index contributed by atoms with van der Waals surface area (Å²) in [6.45, 7) is 12.1. The zero-order valence-electron chi connectivity index (χ0n) is 9.71. The van der Waals surface area contributed by atoms with Gasteiger partial charge in [-0.1, -0.05) is 20.3 Å². The summed E-state index contributed by atoms with van der Waals surface area (Å²) in [5.74, 6) is 0.805. The Hall–Kier alpha value is -0.0800. The van der Waals surface area contributed by atoms with Crippen LogP contribution in [0.3, 0.4) is 0 Å². The lowest BCUT2D eigenvalue weighted by molar-refractivity contribution is 0.193. The van der Waals surface area contributed by atoms with Crippen LogP contribution in [-0.4, -0.2) is 30.6 Å². The van der Waals surface area contributed by atoms with Crippen molar-refractivity contribution in [3.8, 4) is 0 Å². The van der Waals surface area contributed by atoms with Gasteiger partial charge in [0.25, 0.3) is 0 Å². The number of nitrogens with two attached hydrogens (primary N) is 1. The van der Waals surface area contributed by atoms with Gasteiger partial charge < -0.3 is 5.73 Å². The van der Waals surface area contributed by atoms with Crippen molar-refractivity contribution in [3.63, 3.8) is 0 Å². The van der Waals surface area contributed by atoms with E-state index >= 15 is 0 Å². The fourth-order valence-corrected chi connectivity index (χ4v) is 1.71. The molecule has 0 aromatic heterocycles. The first-order valence-electron chi connectivity index (χ1n) is 5.55. The predicted molar refractivity (Wildman–Crippen MR) is 59.8 cm³/mol. The van der Waals surface area contributed by atoms with Gasteiger partial charge in [0.05, 0.1) is 0 Å². The van der Waals surface area contributed by atoms with Crippen molar-refractivity contribution in [3.05, 3.63) is 0 Å². The highest BCUT2D eigenvalue weighted by atomic mass is 15.1. The maximum Gasteiger partial charge on any atom is 0.0107 e. The molecule has 80 valence electrons. The van der Waals surface area contributed by atoms with Crippen molar-refractivity contribution in [1.82, 2.24) is 4.90 Å². The summed E-state index contributed by atoms with van der Waals surface area (Å²) >= 11 is 0. The first-order chi connectivity index (χ1) is 6.11. The SMILES string of the molecule is CCCC(C)CN(CCN)C(C)C. The number of hydrogen-bond acceptors (Lipinski definition) is 2. The summed E-state index contributed by atoms with van der Waals surface area (Å²) in [6.07, 6.45) is 2.61. The second-order valence-corrected chi connectivity index (χ2v) is 4.27. The van der Waals surface area contributed by atoms with E-state index in [1.54, 1.807) is 0 Å². The van der Waals surface area contributed by atoms with Crippen molar-refractivity contribution in [2.24, 2.45) is 11.7 Å². The van der Waals surface area contributed by atoms with Crippen LogP contribution in [0.15, 0.2) is 0 Å². The van der Waals surface area contributed by atoms with E-state index in [0.717, 1.165) is 19.0 Å². The van der Waals surface area contributed by atoms with Gasteiger partial charge in [-0.25, -0.2) is 0 Å². The van der Waals surface area contributed by atoms with Crippen molar-refractivity contribution >= 4 is 0 Å². The second kappa shape index (κ2) is 7.34. The minimum absolute atomic E-state index is 0.628. The summed E-state index contributed by atoms with van der Waals surface area (Å²) in [5.41, 5.74) is 5.58. The van der Waals surface area contributed by atoms with Crippen LogP contribution >= 0.6 is 0 Å². The predicted octanol–water partition coefficient (Wildman–Crippen LogP) is 2.09. The van der Waals surface area contributed by atoms with Crippen LogP contribution in [0.4, 0.5) is 0 Å². The Morgan fingerprint density at radius 3 is 2.23 bits per heavy atom. The fraction of sp³-hybridized carbons (Fsp3) is 1.00. The molecule has 2 heteroatoms. The average molecular weight is 186 g/mol. The Morgan fingerprint density at radius 2 is 1.85 bits per heavy atom. The van der Waals surface area contributed by atoms with Gasteiger partial charge in [0.2, 0.25) is 0 Å². The highest BCUT2D eigenvalue weighted by molar-refractivity contribution is 4.66. The highest BCUT2D eigenvalue weighted by Gasteiger charge is 2.11. The van der Waals surface area contributed by atoms with Crippen molar-refractivity contribution in [1.29, 1.82) is 0 Å². The molecule has 0 radical (unpaired) electrons. The molecule has 0 amide bonds. The molecule has 2 nitrogen and oxygen atoms in total. The van der Waals surface area contributed by atoms with Gasteiger partial charge in [-0.2, -0.15) is 0 Å². The minimum atomic E-state index is 0.628. The van der Waals surface area contributed by atoms with Gasteiger partial charge in [0.15, 0.2) is 0 Å². The van der Waals surface area contributed by atoms with E-state index < -0.39 is 0 Å². The number of rotatable bonds is 7. The topological polar surface area (TPSA) is 29.3 Å². The minimum Gasteiger partial charge on any atom is -0.329 e. The van der Waals surface area contributed by atoms with E-state index in [9.17, 15) is 0 Å². The van der Waals surface area contributed by atoms with Gasteiger partial charge in [0.1, 0.15) is 0 Å². The van der Waals surface area contributed by atoms with Gasteiger partial charge in [-0.3, -0.25) is 4.90 Å². The lowest BCUT2D eigenvalue weighted by atomic mass is 10.1. The van der Waals surface area contributed by atoms with Crippen molar-refractivity contribution < 1.29 is 0 Å². The molecule has 0 aromatic carbocycles. The largest absolute Gasteiger partial charge is 0.329 e. The van der Waals surface area contributed by atoms with E-state index in [-0.39, 0.29) is 0 Å². The summed E-state index contributed by atoms with van der Waals surface area (Å²) in [5, 5.41) is 0. The smallest absolute Gasteiger partial charge is 0.0107 e. The third-order valence-corrected chi connectivity index (χ3v) is 2.47. The molecule has 1 unspecified atom stereocenters. The molecule has 0 saturated carbocycles. The van der Waals surface area contributed by atoms with E-state index in [1.165, 1.54) is 19.4 Å². The summed E-state index contributed by atoms with van der Waals surface area (Å²) < 4.78 is 0. The molecule has 0 spiro atoms. The molecule has 13 heavy (non-hydrogen) atoms. The molecule has 0 aliphatic heterocycles. The molecule has 0 bridgehead atoms. The van der Waals surface area contributed by atoms with Gasteiger partial charge in [-0.05, 0) is 26.2 Å². The van der Waals surface area contributed by atoms with Crippen molar-refractivity contribution in [2.75, 3.05) is 19.6 Å². The van der Waals surface area contributed by atoms with Crippen LogP contribution in [-0.2, 0) is 0 Å². The third kappa shape index (κ3) is 6.05. The first kappa shape index (κ1) is 12.9. The van der Waals surface area contributed by atoms with Gasteiger partial charge in [0, 0.05) is 25.7 Å². The Kier molecular flexibility index (Phi) is 7.29. The summed E-state index contributed by atoms with van der Waals surface area (Å²) in [4.78, 5) is 2.47. The Bertz CT molecular complexity index is 113. The molecule has 0 rings (SSSR count). The van der Waals surface area contributed by atoms with Gasteiger partial charge in [-0.15, -0.1) is 0 Å². The molecule has 0 heterocycles. The zero-order chi connectivity index (χ0) is 10.3. The molecule has 0 aliphatic carbocycles. The molecule has 0 aromatic rings. The zero-order valence-corrected chi connectivity index (χ0v) is 9.71. The fourth-order valence-electron chi connectivity index (χ4n) is 1.71. The normalized spacial score (nSPS) is 14.1. The molecule has 1 atom stereocenters. The Balaban J connectivity index is 3.79. The lowest BCUT2D eigenvalue weighted by Crippen LogP contribution is -2.38. The van der Waals surface area contributed by atoms with E-state index in [1.807, 2.05) is 0 Å². The summed E-state index contributed by atoms with van der Waals surface area (Å²) in [6, 6.07) is 0.628. The van der Waals surface area contributed by atoms with Crippen LogP contribution < -0.4 is 5.73 Å². The lowest BCUT2D eigenvalue weighted by Gasteiger charge is -2.28. The maximum absolute atomic E-state index is 5.58. The van der Waals surface area contributed by atoms with Crippen molar-refractivity contribution in [2.45, 2.75) is 46.6 Å². The number of nitrogens with zero attached hydrogens (tertiary/aromatic N) is 1. The van der Waals surface area contributed by atoms with Crippen LogP contribution in [0.25, 0.3) is 0 Å². The van der Waals surface area contributed by atoms with E-state index in [2.05, 4.69) is 32.6 Å². The number of hydrogen-bond donors (Lipinski definition) is 1. The monoisotopic (exact) mass is 186 g/mol. The molecule has 2 N–H and O–H groups in total. The molecular weight excluding hydrogens is 160 g/mol. The summed E-state index contributed by atoms with van der Waals surface area (Å²) in [7, 11) is 0. The van der Waals surface area contributed by atoms with Crippen LogP contribution in [0.1, 0.15) is 40.5 Å². The molecular formula is C11H26N2. The Labute approximate surface area is 83.5 Å². The van der Waals surface area contributed by atoms with Crippen LogP contribution in [0, 0.1) is 5.92 Å². The first-order valence-corrected chi connectivity index (χ1v) is 5.55. The van der Waals surface area contributed by atoms with E-state index in [4.69, 9.17) is 5.73 Å². The van der Waals surface area contributed by atoms with E-state index in [0.29, 0.717) is 6.04 Å². The third-order valence-electron chi connectivity index (χ3n) is 2.47. The van der Waals surface area contributed by atoms with Crippen LogP contribution in [0.2, 0.25) is 0 Å². The standard InChI is InChI=1S/C11H26N2/c1-5-6-11(4)9-13(8-7-12)10(2)3/h10-11H,5-9,12H2,1-4H3. The van der Waals surface area contributed by atoms with Gasteiger partial charge >= 0.3 is 0 Å². The highest BCUT2D eigenvalue weighted by Crippen LogP contribution is 2.09. The Morgan fingerprint density at radius 1 is 1.23 bits per heavy atom. The quantitative estimate of drug-likeness (QED) is 0.659. The maximum atomic E-state index is 5.58. The second-order valence-electron chi connectivity index (χ2n) is 4.27. The van der Waals surface area contributed by atoms with Crippen LogP contribution in [0.5, 0.6) is 0 Å². The molecule has 0 saturated heterocycles.